The lowest BCUT2D eigenvalue weighted by molar-refractivity contribution is -0.116. The maximum absolute atomic E-state index is 11.3. The highest BCUT2D eigenvalue weighted by molar-refractivity contribution is 5.93. The highest BCUT2D eigenvalue weighted by atomic mass is 16.5. The van der Waals surface area contributed by atoms with Gasteiger partial charge in [0.25, 0.3) is 0 Å². The third-order valence-corrected chi connectivity index (χ3v) is 3.76. The van der Waals surface area contributed by atoms with Crippen molar-refractivity contribution in [3.8, 4) is 0 Å². The van der Waals surface area contributed by atoms with Crippen molar-refractivity contribution in [2.75, 3.05) is 25.1 Å². The average molecular weight is 232 g/mol. The van der Waals surface area contributed by atoms with E-state index in [2.05, 4.69) is 17.4 Å². The number of ether oxygens (including phenoxy) is 1. The van der Waals surface area contributed by atoms with E-state index < -0.39 is 0 Å². The summed E-state index contributed by atoms with van der Waals surface area (Å²) >= 11 is 0. The van der Waals surface area contributed by atoms with Gasteiger partial charge < -0.3 is 15.8 Å². The minimum Gasteiger partial charge on any atom is -0.379 e. The van der Waals surface area contributed by atoms with E-state index in [9.17, 15) is 4.79 Å². The maximum Gasteiger partial charge on any atom is 0.224 e. The highest BCUT2D eigenvalue weighted by Crippen LogP contribution is 2.34. The van der Waals surface area contributed by atoms with Crippen LogP contribution in [0.25, 0.3) is 0 Å². The molecule has 3 N–H and O–H groups in total. The summed E-state index contributed by atoms with van der Waals surface area (Å²) in [5.74, 6) is 0.103. The molecule has 2 aliphatic heterocycles. The number of rotatable bonds is 2. The van der Waals surface area contributed by atoms with Crippen LogP contribution < -0.4 is 11.1 Å². The van der Waals surface area contributed by atoms with Crippen molar-refractivity contribution in [1.29, 1.82) is 0 Å². The molecule has 17 heavy (non-hydrogen) atoms. The van der Waals surface area contributed by atoms with E-state index in [1.807, 2.05) is 6.07 Å². The zero-order valence-corrected chi connectivity index (χ0v) is 9.66. The molecule has 2 heterocycles. The standard InChI is InChI=1S/C13H16N2O2/c14-6-13(7-17-8-13)10-2-3-11-9(5-10)1-4-12(16)15-11/h2-3,5H,1,4,6-8,14H2,(H,15,16). The molecule has 0 atom stereocenters. The number of nitrogens with one attached hydrogen (secondary N) is 1. The molecule has 1 saturated heterocycles. The van der Waals surface area contributed by atoms with Crippen LogP contribution in [0.1, 0.15) is 17.5 Å². The summed E-state index contributed by atoms with van der Waals surface area (Å²) < 4.78 is 5.29. The summed E-state index contributed by atoms with van der Waals surface area (Å²) in [5, 5.41) is 2.89. The number of aryl methyl sites for hydroxylation is 1. The van der Waals surface area contributed by atoms with Crippen molar-refractivity contribution < 1.29 is 9.53 Å². The number of benzene rings is 1. The Bertz CT molecular complexity index is 461. The zero-order valence-electron chi connectivity index (χ0n) is 9.66. The van der Waals surface area contributed by atoms with Gasteiger partial charge in [-0.2, -0.15) is 0 Å². The van der Waals surface area contributed by atoms with Crippen LogP contribution in [0, 0.1) is 0 Å². The summed E-state index contributed by atoms with van der Waals surface area (Å²) in [6.45, 7) is 2.02. The number of hydrogen-bond acceptors (Lipinski definition) is 3. The molecule has 0 bridgehead atoms. The Balaban J connectivity index is 1.96. The van der Waals surface area contributed by atoms with Gasteiger partial charge in [-0.05, 0) is 23.6 Å². The van der Waals surface area contributed by atoms with Crippen LogP contribution in [0.2, 0.25) is 0 Å². The SMILES string of the molecule is NCC1(c2ccc3c(c2)CCC(=O)N3)COC1. The molecule has 1 amide bonds. The predicted octanol–water partition coefficient (Wildman–Crippen LogP) is 0.798. The lowest BCUT2D eigenvalue weighted by Gasteiger charge is -2.41. The molecular weight excluding hydrogens is 216 g/mol. The van der Waals surface area contributed by atoms with Crippen molar-refractivity contribution in [3.63, 3.8) is 0 Å². The maximum atomic E-state index is 11.3. The van der Waals surface area contributed by atoms with Crippen molar-refractivity contribution in [2.45, 2.75) is 18.3 Å². The number of amides is 1. The van der Waals surface area contributed by atoms with Crippen LogP contribution in [-0.4, -0.2) is 25.7 Å². The molecule has 0 aromatic heterocycles. The molecule has 90 valence electrons. The van der Waals surface area contributed by atoms with Crippen LogP contribution in [0.3, 0.4) is 0 Å². The topological polar surface area (TPSA) is 64.4 Å². The average Bonchev–Trinajstić information content (AvgIpc) is 2.28. The fourth-order valence-corrected chi connectivity index (χ4v) is 2.46. The molecule has 0 unspecified atom stereocenters. The Morgan fingerprint density at radius 3 is 2.82 bits per heavy atom. The normalized spacial score (nSPS) is 21.4. The van der Waals surface area contributed by atoms with E-state index in [-0.39, 0.29) is 11.3 Å². The van der Waals surface area contributed by atoms with Gasteiger partial charge in [-0.25, -0.2) is 0 Å². The second-order valence-electron chi connectivity index (χ2n) is 4.90. The number of nitrogens with two attached hydrogens (primary N) is 1. The van der Waals surface area contributed by atoms with E-state index in [0.717, 1.165) is 12.1 Å². The Kier molecular flexibility index (Phi) is 2.42. The van der Waals surface area contributed by atoms with Crippen LogP contribution in [-0.2, 0) is 21.4 Å². The molecule has 4 heteroatoms. The molecule has 0 spiro atoms. The first-order valence-corrected chi connectivity index (χ1v) is 5.95. The number of fused-ring (bicyclic) bond motifs is 1. The first-order chi connectivity index (χ1) is 8.23. The van der Waals surface area contributed by atoms with Crippen LogP contribution in [0.5, 0.6) is 0 Å². The number of carbonyl (C=O) groups excluding carboxylic acids is 1. The van der Waals surface area contributed by atoms with Gasteiger partial charge in [-0.3, -0.25) is 4.79 Å². The monoisotopic (exact) mass is 232 g/mol. The molecule has 3 rings (SSSR count). The van der Waals surface area contributed by atoms with Crippen LogP contribution >= 0.6 is 0 Å². The Labute approximate surface area is 100 Å². The van der Waals surface area contributed by atoms with Crippen molar-refractivity contribution in [1.82, 2.24) is 0 Å². The second kappa shape index (κ2) is 3.82. The Morgan fingerprint density at radius 2 is 2.18 bits per heavy atom. The number of hydrogen-bond donors (Lipinski definition) is 2. The molecule has 1 aromatic rings. The highest BCUT2D eigenvalue weighted by Gasteiger charge is 2.39. The summed E-state index contributed by atoms with van der Waals surface area (Å²) in [4.78, 5) is 11.3. The lowest BCUT2D eigenvalue weighted by Crippen LogP contribution is -2.52. The number of anilines is 1. The smallest absolute Gasteiger partial charge is 0.224 e. The van der Waals surface area contributed by atoms with E-state index in [1.54, 1.807) is 0 Å². The van der Waals surface area contributed by atoms with E-state index in [4.69, 9.17) is 10.5 Å². The third-order valence-electron chi connectivity index (χ3n) is 3.76. The first-order valence-electron chi connectivity index (χ1n) is 5.95. The van der Waals surface area contributed by atoms with Gasteiger partial charge in [-0.15, -0.1) is 0 Å². The van der Waals surface area contributed by atoms with Crippen molar-refractivity contribution >= 4 is 11.6 Å². The molecular formula is C13H16N2O2. The second-order valence-corrected chi connectivity index (χ2v) is 4.90. The van der Waals surface area contributed by atoms with E-state index in [1.165, 1.54) is 11.1 Å². The summed E-state index contributed by atoms with van der Waals surface area (Å²) in [6.07, 6.45) is 1.39. The Morgan fingerprint density at radius 1 is 1.35 bits per heavy atom. The fraction of sp³-hybridized carbons (Fsp3) is 0.462. The van der Waals surface area contributed by atoms with Crippen LogP contribution in [0.4, 0.5) is 5.69 Å². The quantitative estimate of drug-likeness (QED) is 0.792. The Hall–Kier alpha value is -1.39. The molecule has 0 aliphatic carbocycles. The molecule has 4 nitrogen and oxygen atoms in total. The first kappa shape index (κ1) is 10.7. The van der Waals surface area contributed by atoms with Crippen molar-refractivity contribution in [3.05, 3.63) is 29.3 Å². The molecule has 1 aromatic carbocycles. The zero-order chi connectivity index (χ0) is 11.9. The van der Waals surface area contributed by atoms with Gasteiger partial charge >= 0.3 is 0 Å². The minimum atomic E-state index is -0.00349. The van der Waals surface area contributed by atoms with Gasteiger partial charge in [0.15, 0.2) is 0 Å². The molecule has 1 fully saturated rings. The van der Waals surface area contributed by atoms with Gasteiger partial charge in [-0.1, -0.05) is 12.1 Å². The molecule has 0 radical (unpaired) electrons. The lowest BCUT2D eigenvalue weighted by atomic mass is 9.77. The van der Waals surface area contributed by atoms with Crippen LogP contribution in [0.15, 0.2) is 18.2 Å². The van der Waals surface area contributed by atoms with E-state index >= 15 is 0 Å². The van der Waals surface area contributed by atoms with Crippen molar-refractivity contribution in [2.24, 2.45) is 5.73 Å². The largest absolute Gasteiger partial charge is 0.379 e. The fourth-order valence-electron chi connectivity index (χ4n) is 2.46. The predicted molar refractivity (Wildman–Crippen MR) is 64.9 cm³/mol. The molecule has 2 aliphatic rings. The summed E-state index contributed by atoms with van der Waals surface area (Å²) in [7, 11) is 0. The van der Waals surface area contributed by atoms with Gasteiger partial charge in [0.1, 0.15) is 0 Å². The third kappa shape index (κ3) is 1.64. The summed E-state index contributed by atoms with van der Waals surface area (Å²) in [5.41, 5.74) is 9.23. The minimum absolute atomic E-state index is 0.00349. The van der Waals surface area contributed by atoms with Gasteiger partial charge in [0.2, 0.25) is 5.91 Å². The molecule has 0 saturated carbocycles. The number of carbonyl (C=O) groups is 1. The van der Waals surface area contributed by atoms with Gasteiger partial charge in [0.05, 0.1) is 18.6 Å². The van der Waals surface area contributed by atoms with E-state index in [0.29, 0.717) is 26.2 Å². The van der Waals surface area contributed by atoms with Gasteiger partial charge in [0, 0.05) is 18.7 Å². The summed E-state index contributed by atoms with van der Waals surface area (Å²) in [6, 6.07) is 6.21.